The number of allylic oxidation sites excluding steroid dienone is 1. The maximum Gasteiger partial charge on any atom is 0.274 e. The van der Waals surface area contributed by atoms with Gasteiger partial charge in [0, 0.05) is 24.2 Å². The minimum Gasteiger partial charge on any atom is -0.493 e. The number of fused-ring (bicyclic) bond motifs is 1. The van der Waals surface area contributed by atoms with Crippen molar-refractivity contribution in [2.45, 2.75) is 19.8 Å². The third-order valence-electron chi connectivity index (χ3n) is 7.01. The standard InChI is InChI=1S/C30H32N4O6S/c1-7-33(8-2)29(36)24-23(18-12-10-14-21(38-4)26(18)40-6)19(16-31)27(32)34-28(35)22(41-30(24)34)15-17-11-9-13-20(37-3)25(17)39-5/h9-15,23H,7-8,32H2,1-6H3/b22-15+. The van der Waals surface area contributed by atoms with Crippen molar-refractivity contribution < 1.29 is 23.7 Å². The fraction of sp³-hybridized carbons (Fsp3) is 0.300. The third-order valence-corrected chi connectivity index (χ3v) is 8.12. The first-order valence-electron chi connectivity index (χ1n) is 12.9. The number of nitriles is 1. The summed E-state index contributed by atoms with van der Waals surface area (Å²) in [6, 6.07) is 12.8. The first-order chi connectivity index (χ1) is 19.8. The molecule has 0 bridgehead atoms. The van der Waals surface area contributed by atoms with Crippen LogP contribution < -0.4 is 39.4 Å². The van der Waals surface area contributed by atoms with Gasteiger partial charge in [-0.2, -0.15) is 5.26 Å². The SMILES string of the molecule is CCN(CC)C(=O)C1=c2s/c(=C/c3cccc(OC)c3OC)c(=O)n2C(N)=C(C#N)C1c1cccc(OC)c1OC. The Balaban J connectivity index is 2.17. The van der Waals surface area contributed by atoms with Gasteiger partial charge in [0.25, 0.3) is 11.5 Å². The van der Waals surface area contributed by atoms with Crippen LogP contribution in [0.2, 0.25) is 0 Å². The second kappa shape index (κ2) is 12.2. The van der Waals surface area contributed by atoms with E-state index < -0.39 is 11.5 Å². The molecule has 3 aromatic rings. The number of ether oxygens (including phenoxy) is 4. The van der Waals surface area contributed by atoms with Crippen molar-refractivity contribution in [1.82, 2.24) is 9.47 Å². The van der Waals surface area contributed by atoms with Gasteiger partial charge >= 0.3 is 0 Å². The number of carbonyl (C=O) groups is 1. The van der Waals surface area contributed by atoms with Crippen LogP contribution in [0.25, 0.3) is 17.5 Å². The molecule has 0 saturated heterocycles. The summed E-state index contributed by atoms with van der Waals surface area (Å²) in [7, 11) is 6.05. The summed E-state index contributed by atoms with van der Waals surface area (Å²) in [6.45, 7) is 4.60. The number of hydrogen-bond donors (Lipinski definition) is 1. The van der Waals surface area contributed by atoms with E-state index in [0.29, 0.717) is 56.4 Å². The molecule has 41 heavy (non-hydrogen) atoms. The van der Waals surface area contributed by atoms with Crippen molar-refractivity contribution >= 4 is 34.7 Å². The second-order valence-electron chi connectivity index (χ2n) is 8.96. The fourth-order valence-corrected chi connectivity index (χ4v) is 6.21. The van der Waals surface area contributed by atoms with E-state index in [0.717, 1.165) is 11.3 Å². The van der Waals surface area contributed by atoms with Gasteiger partial charge in [0.05, 0.1) is 56.1 Å². The smallest absolute Gasteiger partial charge is 0.274 e. The Hall–Kier alpha value is -4.69. The van der Waals surface area contributed by atoms with Crippen molar-refractivity contribution in [2.75, 3.05) is 41.5 Å². The molecule has 214 valence electrons. The van der Waals surface area contributed by atoms with Crippen molar-refractivity contribution in [2.24, 2.45) is 5.73 Å². The Kier molecular flexibility index (Phi) is 8.74. The number of nitrogens with two attached hydrogens (primary N) is 1. The molecule has 11 heteroatoms. The zero-order valence-electron chi connectivity index (χ0n) is 23.8. The molecule has 0 radical (unpaired) electrons. The van der Waals surface area contributed by atoms with Crippen LogP contribution in [0.5, 0.6) is 23.0 Å². The van der Waals surface area contributed by atoms with E-state index in [1.165, 1.54) is 33.0 Å². The minimum atomic E-state index is -0.907. The zero-order valence-corrected chi connectivity index (χ0v) is 24.6. The van der Waals surface area contributed by atoms with Crippen LogP contribution >= 0.6 is 11.3 Å². The highest BCUT2D eigenvalue weighted by Gasteiger charge is 2.38. The predicted molar refractivity (Wildman–Crippen MR) is 158 cm³/mol. The Labute approximate surface area is 241 Å². The quantitative estimate of drug-likeness (QED) is 0.411. The number of amides is 1. The molecule has 0 saturated carbocycles. The lowest BCUT2D eigenvalue weighted by molar-refractivity contribution is -0.125. The molecule has 0 spiro atoms. The van der Waals surface area contributed by atoms with Crippen LogP contribution in [0.3, 0.4) is 0 Å². The van der Waals surface area contributed by atoms with E-state index in [1.807, 2.05) is 13.8 Å². The molecule has 1 aromatic heterocycles. The number of para-hydroxylation sites is 2. The average Bonchev–Trinajstić information content (AvgIpc) is 3.31. The van der Waals surface area contributed by atoms with Gasteiger partial charge in [-0.1, -0.05) is 24.3 Å². The molecular formula is C30H32N4O6S. The van der Waals surface area contributed by atoms with E-state index >= 15 is 0 Å². The monoisotopic (exact) mass is 576 g/mol. The summed E-state index contributed by atoms with van der Waals surface area (Å²) >= 11 is 1.12. The van der Waals surface area contributed by atoms with E-state index in [9.17, 15) is 14.9 Å². The van der Waals surface area contributed by atoms with Crippen molar-refractivity contribution in [3.05, 3.63) is 72.6 Å². The molecule has 2 N–H and O–H groups in total. The highest BCUT2D eigenvalue weighted by atomic mass is 32.1. The van der Waals surface area contributed by atoms with Crippen molar-refractivity contribution in [1.29, 1.82) is 5.26 Å². The molecule has 2 aromatic carbocycles. The molecule has 1 aliphatic rings. The summed E-state index contributed by atoms with van der Waals surface area (Å²) in [5.74, 6) is 0.486. The first-order valence-corrected chi connectivity index (χ1v) is 13.7. The van der Waals surface area contributed by atoms with Crippen LogP contribution in [-0.4, -0.2) is 56.9 Å². The van der Waals surface area contributed by atoms with Crippen molar-refractivity contribution in [3.8, 4) is 29.1 Å². The van der Waals surface area contributed by atoms with Crippen LogP contribution in [0.4, 0.5) is 0 Å². The molecule has 0 aliphatic carbocycles. The number of rotatable bonds is 9. The molecule has 1 amide bonds. The predicted octanol–water partition coefficient (Wildman–Crippen LogP) is 2.24. The topological polar surface area (TPSA) is 129 Å². The van der Waals surface area contributed by atoms with E-state index in [-0.39, 0.29) is 22.9 Å². The maximum absolute atomic E-state index is 14.2. The molecule has 0 fully saturated rings. The Morgan fingerprint density at radius 2 is 1.63 bits per heavy atom. The number of carbonyl (C=O) groups excluding carboxylic acids is 1. The Morgan fingerprint density at radius 3 is 2.20 bits per heavy atom. The van der Waals surface area contributed by atoms with E-state index in [1.54, 1.807) is 47.4 Å². The molecular weight excluding hydrogens is 544 g/mol. The number of methoxy groups -OCH3 is 4. The normalized spacial score (nSPS) is 14.8. The summed E-state index contributed by atoms with van der Waals surface area (Å²) in [5, 5.41) is 10.4. The van der Waals surface area contributed by atoms with E-state index in [4.69, 9.17) is 24.7 Å². The van der Waals surface area contributed by atoms with Gasteiger partial charge in [-0.3, -0.25) is 14.2 Å². The zero-order chi connectivity index (χ0) is 29.8. The summed E-state index contributed by atoms with van der Waals surface area (Å²) in [6.07, 6.45) is 1.67. The minimum absolute atomic E-state index is 0.0491. The van der Waals surface area contributed by atoms with Gasteiger partial charge in [-0.05, 0) is 32.1 Å². The van der Waals surface area contributed by atoms with Crippen LogP contribution in [-0.2, 0) is 4.79 Å². The van der Waals surface area contributed by atoms with Gasteiger partial charge < -0.3 is 29.6 Å². The summed E-state index contributed by atoms with van der Waals surface area (Å²) < 4.78 is 24.1. The third kappa shape index (κ3) is 4.91. The number of nitrogens with zero attached hydrogens (tertiary/aromatic N) is 3. The van der Waals surface area contributed by atoms with Gasteiger partial charge in [0.1, 0.15) is 10.5 Å². The highest BCUT2D eigenvalue weighted by molar-refractivity contribution is 7.07. The first kappa shape index (κ1) is 29.3. The average molecular weight is 577 g/mol. The van der Waals surface area contributed by atoms with E-state index in [2.05, 4.69) is 6.07 Å². The lowest BCUT2D eigenvalue weighted by Crippen LogP contribution is -2.43. The number of hydrogen-bond acceptors (Lipinski definition) is 9. The number of aromatic nitrogens is 1. The summed E-state index contributed by atoms with van der Waals surface area (Å²) in [4.78, 5) is 29.7. The maximum atomic E-state index is 14.2. The van der Waals surface area contributed by atoms with Gasteiger partial charge in [-0.25, -0.2) is 0 Å². The highest BCUT2D eigenvalue weighted by Crippen LogP contribution is 2.44. The Morgan fingerprint density at radius 1 is 1.02 bits per heavy atom. The molecule has 1 aliphatic heterocycles. The molecule has 4 rings (SSSR count). The largest absolute Gasteiger partial charge is 0.493 e. The molecule has 10 nitrogen and oxygen atoms in total. The number of benzene rings is 2. The van der Waals surface area contributed by atoms with Gasteiger partial charge in [0.2, 0.25) is 0 Å². The van der Waals surface area contributed by atoms with Crippen LogP contribution in [0, 0.1) is 11.3 Å². The van der Waals surface area contributed by atoms with Crippen LogP contribution in [0.15, 0.2) is 46.8 Å². The molecule has 1 atom stereocenters. The summed E-state index contributed by atoms with van der Waals surface area (Å²) in [5.41, 5.74) is 7.55. The Bertz CT molecular complexity index is 1740. The number of thiazole rings is 1. The second-order valence-corrected chi connectivity index (χ2v) is 9.99. The molecule has 2 heterocycles. The van der Waals surface area contributed by atoms with Crippen LogP contribution in [0.1, 0.15) is 30.9 Å². The van der Waals surface area contributed by atoms with Gasteiger partial charge in [0.15, 0.2) is 23.0 Å². The van der Waals surface area contributed by atoms with Crippen molar-refractivity contribution in [3.63, 3.8) is 0 Å². The molecule has 1 unspecified atom stereocenters. The lowest BCUT2D eigenvalue weighted by Gasteiger charge is -2.29. The van der Waals surface area contributed by atoms with Gasteiger partial charge in [-0.15, -0.1) is 11.3 Å². The fourth-order valence-electron chi connectivity index (χ4n) is 5.05. The lowest BCUT2D eigenvalue weighted by atomic mass is 9.82.